The van der Waals surface area contributed by atoms with Crippen molar-refractivity contribution >= 4 is 11.6 Å². The molecule has 0 aliphatic carbocycles. The highest BCUT2D eigenvalue weighted by atomic mass is 19.1. The van der Waals surface area contributed by atoms with Crippen LogP contribution in [0.25, 0.3) is 0 Å². The summed E-state index contributed by atoms with van der Waals surface area (Å²) in [6, 6.07) is 6.28. The van der Waals surface area contributed by atoms with E-state index in [-0.39, 0.29) is 11.9 Å². The second kappa shape index (κ2) is 5.05. The van der Waals surface area contributed by atoms with Crippen LogP contribution < -0.4 is 5.32 Å². The number of likely N-dealkylation sites (tertiary alicyclic amines) is 1. The average molecular weight is 247 g/mol. The number of amides is 1. The Morgan fingerprint density at radius 3 is 2.94 bits per heavy atom. The van der Waals surface area contributed by atoms with Crippen LogP contribution >= 0.6 is 0 Å². The van der Waals surface area contributed by atoms with Crippen molar-refractivity contribution in [3.63, 3.8) is 0 Å². The standard InChI is InChI=1S/C13H14FN3O/c1-17-8-10(3-5-13(17)18)16-12-4-2-9(7-15)6-11(12)14/h2,4,6,10,16H,3,5,8H2,1H3. The van der Waals surface area contributed by atoms with Gasteiger partial charge in [0, 0.05) is 26.1 Å². The topological polar surface area (TPSA) is 56.1 Å². The summed E-state index contributed by atoms with van der Waals surface area (Å²) in [6.07, 6.45) is 1.18. The van der Waals surface area contributed by atoms with Crippen LogP contribution in [0.5, 0.6) is 0 Å². The molecule has 18 heavy (non-hydrogen) atoms. The Kier molecular flexibility index (Phi) is 3.47. The smallest absolute Gasteiger partial charge is 0.222 e. The Bertz CT molecular complexity index is 509. The van der Waals surface area contributed by atoms with Gasteiger partial charge >= 0.3 is 0 Å². The molecule has 5 heteroatoms. The van der Waals surface area contributed by atoms with E-state index in [0.29, 0.717) is 30.6 Å². The quantitative estimate of drug-likeness (QED) is 0.865. The van der Waals surface area contributed by atoms with Crippen LogP contribution in [0.1, 0.15) is 18.4 Å². The first-order chi connectivity index (χ1) is 8.60. The molecular formula is C13H14FN3O. The molecule has 0 spiro atoms. The van der Waals surface area contributed by atoms with Gasteiger partial charge in [0.1, 0.15) is 5.82 Å². The number of carbonyl (C=O) groups is 1. The van der Waals surface area contributed by atoms with Crippen molar-refractivity contribution in [3.8, 4) is 6.07 Å². The first kappa shape index (κ1) is 12.4. The molecule has 1 heterocycles. The number of anilines is 1. The largest absolute Gasteiger partial charge is 0.378 e. The molecule has 0 radical (unpaired) electrons. The number of piperidine rings is 1. The normalized spacial score (nSPS) is 19.5. The van der Waals surface area contributed by atoms with E-state index in [9.17, 15) is 9.18 Å². The molecule has 1 aromatic rings. The fraction of sp³-hybridized carbons (Fsp3) is 0.385. The van der Waals surface area contributed by atoms with E-state index in [0.717, 1.165) is 0 Å². The van der Waals surface area contributed by atoms with Crippen molar-refractivity contribution < 1.29 is 9.18 Å². The third-order valence-electron chi connectivity index (χ3n) is 3.08. The summed E-state index contributed by atoms with van der Waals surface area (Å²) in [6.45, 7) is 0.568. The number of benzene rings is 1. The summed E-state index contributed by atoms with van der Waals surface area (Å²) in [5.74, 6) is -0.318. The molecule has 1 saturated heterocycles. The highest BCUT2D eigenvalue weighted by Gasteiger charge is 2.23. The van der Waals surface area contributed by atoms with E-state index in [1.807, 2.05) is 6.07 Å². The van der Waals surface area contributed by atoms with Gasteiger partial charge < -0.3 is 10.2 Å². The Hall–Kier alpha value is -2.09. The summed E-state index contributed by atoms with van der Waals surface area (Å²) in [5.41, 5.74) is 0.677. The lowest BCUT2D eigenvalue weighted by molar-refractivity contribution is -0.132. The van der Waals surface area contributed by atoms with Gasteiger partial charge in [-0.15, -0.1) is 0 Å². The molecule has 1 atom stereocenters. The maximum atomic E-state index is 13.7. The first-order valence-corrected chi connectivity index (χ1v) is 5.80. The van der Waals surface area contributed by atoms with Gasteiger partial charge in [0.05, 0.1) is 17.3 Å². The number of carbonyl (C=O) groups excluding carboxylic acids is 1. The molecule has 1 aliphatic heterocycles. The van der Waals surface area contributed by atoms with Crippen LogP contribution in [0.3, 0.4) is 0 Å². The third-order valence-corrected chi connectivity index (χ3v) is 3.08. The van der Waals surface area contributed by atoms with Gasteiger partial charge in [-0.25, -0.2) is 4.39 Å². The van der Waals surface area contributed by atoms with Crippen LogP contribution in [-0.4, -0.2) is 30.4 Å². The zero-order chi connectivity index (χ0) is 13.1. The van der Waals surface area contributed by atoms with E-state index in [2.05, 4.69) is 5.32 Å². The van der Waals surface area contributed by atoms with E-state index in [1.165, 1.54) is 6.07 Å². The van der Waals surface area contributed by atoms with Crippen molar-refractivity contribution in [2.45, 2.75) is 18.9 Å². The van der Waals surface area contributed by atoms with E-state index in [1.54, 1.807) is 24.1 Å². The van der Waals surface area contributed by atoms with Crippen LogP contribution in [0, 0.1) is 17.1 Å². The monoisotopic (exact) mass is 247 g/mol. The highest BCUT2D eigenvalue weighted by molar-refractivity contribution is 5.77. The summed E-state index contributed by atoms with van der Waals surface area (Å²) in [4.78, 5) is 13.0. The SMILES string of the molecule is CN1CC(Nc2ccc(C#N)cc2F)CCC1=O. The molecule has 1 unspecified atom stereocenters. The first-order valence-electron chi connectivity index (χ1n) is 5.80. The minimum Gasteiger partial charge on any atom is -0.378 e. The lowest BCUT2D eigenvalue weighted by Crippen LogP contribution is -2.43. The summed E-state index contributed by atoms with van der Waals surface area (Å²) in [7, 11) is 1.74. The number of nitriles is 1. The maximum Gasteiger partial charge on any atom is 0.222 e. The highest BCUT2D eigenvalue weighted by Crippen LogP contribution is 2.19. The number of rotatable bonds is 2. The van der Waals surface area contributed by atoms with Crippen molar-refractivity contribution in [3.05, 3.63) is 29.6 Å². The van der Waals surface area contributed by atoms with Crippen LogP contribution in [-0.2, 0) is 4.79 Å². The predicted molar refractivity (Wildman–Crippen MR) is 65.4 cm³/mol. The van der Waals surface area contributed by atoms with Crippen molar-refractivity contribution in [1.29, 1.82) is 5.26 Å². The zero-order valence-electron chi connectivity index (χ0n) is 10.1. The minimum absolute atomic E-state index is 0.0511. The molecule has 1 fully saturated rings. The van der Waals surface area contributed by atoms with Crippen LogP contribution in [0.15, 0.2) is 18.2 Å². The molecule has 1 aromatic carbocycles. The molecule has 1 amide bonds. The summed E-state index contributed by atoms with van der Waals surface area (Å²) >= 11 is 0. The molecule has 0 aromatic heterocycles. The van der Waals surface area contributed by atoms with Crippen molar-refractivity contribution in [1.82, 2.24) is 4.90 Å². The van der Waals surface area contributed by atoms with Gasteiger partial charge in [-0.2, -0.15) is 5.26 Å². The van der Waals surface area contributed by atoms with E-state index in [4.69, 9.17) is 5.26 Å². The van der Waals surface area contributed by atoms with E-state index >= 15 is 0 Å². The van der Waals surface area contributed by atoms with Gasteiger partial charge in [0.2, 0.25) is 5.91 Å². The number of nitrogens with zero attached hydrogens (tertiary/aromatic N) is 2. The van der Waals surface area contributed by atoms with Crippen molar-refractivity contribution in [2.24, 2.45) is 0 Å². The Labute approximate surface area is 105 Å². The fourth-order valence-corrected chi connectivity index (χ4v) is 2.05. The number of likely N-dealkylation sites (N-methyl/N-ethyl adjacent to an activating group) is 1. The van der Waals surface area contributed by atoms with E-state index < -0.39 is 5.82 Å². The van der Waals surface area contributed by atoms with Crippen LogP contribution in [0.2, 0.25) is 0 Å². The molecule has 1 aliphatic rings. The van der Waals surface area contributed by atoms with Crippen molar-refractivity contribution in [2.75, 3.05) is 18.9 Å². The number of nitrogens with one attached hydrogen (secondary N) is 1. The third kappa shape index (κ3) is 2.59. The maximum absolute atomic E-state index is 13.7. The summed E-state index contributed by atoms with van der Waals surface area (Å²) < 4.78 is 13.7. The van der Waals surface area contributed by atoms with Gasteiger partial charge in [0.15, 0.2) is 0 Å². The molecule has 94 valence electrons. The Balaban J connectivity index is 2.06. The van der Waals surface area contributed by atoms with Gasteiger partial charge in [-0.05, 0) is 24.6 Å². The molecule has 0 bridgehead atoms. The minimum atomic E-state index is -0.436. The fourth-order valence-electron chi connectivity index (χ4n) is 2.05. The number of hydrogen-bond acceptors (Lipinski definition) is 3. The average Bonchev–Trinajstić information content (AvgIpc) is 2.36. The molecule has 1 N–H and O–H groups in total. The predicted octanol–water partition coefficient (Wildman–Crippen LogP) is 1.73. The molecule has 0 saturated carbocycles. The van der Waals surface area contributed by atoms with Gasteiger partial charge in [-0.3, -0.25) is 4.79 Å². The molecule has 4 nitrogen and oxygen atoms in total. The molecule has 2 rings (SSSR count). The second-order valence-corrected chi connectivity index (χ2v) is 4.46. The van der Waals surface area contributed by atoms with Gasteiger partial charge in [0.25, 0.3) is 0 Å². The lowest BCUT2D eigenvalue weighted by Gasteiger charge is -2.30. The summed E-state index contributed by atoms with van der Waals surface area (Å²) in [5, 5.41) is 11.7. The zero-order valence-corrected chi connectivity index (χ0v) is 10.1. The molecular weight excluding hydrogens is 233 g/mol. The Morgan fingerprint density at radius 1 is 1.56 bits per heavy atom. The lowest BCUT2D eigenvalue weighted by atomic mass is 10.1. The number of halogens is 1. The van der Waals surface area contributed by atoms with Gasteiger partial charge in [-0.1, -0.05) is 0 Å². The van der Waals surface area contributed by atoms with Crippen LogP contribution in [0.4, 0.5) is 10.1 Å². The Morgan fingerprint density at radius 2 is 2.33 bits per heavy atom. The number of hydrogen-bond donors (Lipinski definition) is 1. The second-order valence-electron chi connectivity index (χ2n) is 4.46.